The first-order valence-electron chi connectivity index (χ1n) is 7.37. The molecule has 1 amide bonds. The van der Waals surface area contributed by atoms with Gasteiger partial charge in [-0.15, -0.1) is 0 Å². The molecule has 3 aromatic rings. The van der Waals surface area contributed by atoms with E-state index in [-0.39, 0.29) is 5.91 Å². The van der Waals surface area contributed by atoms with E-state index < -0.39 is 5.54 Å². The average molecular weight is 413 g/mol. The molecule has 0 bridgehead atoms. The van der Waals surface area contributed by atoms with Crippen molar-refractivity contribution in [1.29, 1.82) is 0 Å². The molecule has 2 N–H and O–H groups in total. The quantitative estimate of drug-likeness (QED) is 0.553. The van der Waals surface area contributed by atoms with Crippen molar-refractivity contribution in [2.24, 2.45) is 0 Å². The topological polar surface area (TPSA) is 46.1 Å². The number of nitrogens with one attached hydrogen (secondary N) is 2. The fourth-order valence-electron chi connectivity index (χ4n) is 3.60. The van der Waals surface area contributed by atoms with Crippen molar-refractivity contribution in [3.05, 3.63) is 75.6 Å². The second kappa shape index (κ2) is 4.38. The number of para-hydroxylation sites is 2. The van der Waals surface area contributed by atoms with Crippen molar-refractivity contribution >= 4 is 39.9 Å². The van der Waals surface area contributed by atoms with Crippen LogP contribution in [0.3, 0.4) is 0 Å². The standard InChI is InChI=1S/C18H12IN3O/c19-11-7-8-13-12(10-11)18(17(23)20-13)16-6-3-9-22(16)15-5-2-1-4-14(15)21-18/h1-10,21H,(H,20,23). The molecule has 3 heterocycles. The predicted octanol–water partition coefficient (Wildman–Crippen LogP) is 3.70. The van der Waals surface area contributed by atoms with E-state index in [1.807, 2.05) is 48.7 Å². The fraction of sp³-hybridized carbons (Fsp3) is 0.0556. The SMILES string of the molecule is O=C1Nc2ccc(I)cc2C12Nc1ccccc1-n1cccc12. The van der Waals surface area contributed by atoms with Gasteiger partial charge >= 0.3 is 0 Å². The summed E-state index contributed by atoms with van der Waals surface area (Å²) in [6, 6.07) is 18.1. The molecule has 0 aliphatic carbocycles. The average Bonchev–Trinajstić information content (AvgIpc) is 3.14. The van der Waals surface area contributed by atoms with Gasteiger partial charge in [-0.1, -0.05) is 12.1 Å². The minimum atomic E-state index is -0.881. The van der Waals surface area contributed by atoms with E-state index in [1.165, 1.54) is 0 Å². The number of carbonyl (C=O) groups is 1. The van der Waals surface area contributed by atoms with Crippen LogP contribution in [0.2, 0.25) is 0 Å². The molecule has 2 aliphatic heterocycles. The monoisotopic (exact) mass is 413 g/mol. The third-order valence-electron chi connectivity index (χ3n) is 4.59. The Morgan fingerprint density at radius 1 is 1.00 bits per heavy atom. The lowest BCUT2D eigenvalue weighted by Gasteiger charge is -2.36. The van der Waals surface area contributed by atoms with Crippen LogP contribution in [0.1, 0.15) is 11.3 Å². The first-order valence-corrected chi connectivity index (χ1v) is 8.45. The molecule has 1 atom stereocenters. The van der Waals surface area contributed by atoms with Crippen LogP contribution < -0.4 is 10.6 Å². The van der Waals surface area contributed by atoms with Gasteiger partial charge < -0.3 is 15.2 Å². The zero-order valence-electron chi connectivity index (χ0n) is 12.0. The highest BCUT2D eigenvalue weighted by molar-refractivity contribution is 14.1. The molecule has 1 unspecified atom stereocenters. The number of halogens is 1. The maximum Gasteiger partial charge on any atom is 0.261 e. The summed E-state index contributed by atoms with van der Waals surface area (Å²) >= 11 is 2.28. The number of hydrogen-bond donors (Lipinski definition) is 2. The van der Waals surface area contributed by atoms with Crippen LogP contribution in [-0.4, -0.2) is 10.5 Å². The summed E-state index contributed by atoms with van der Waals surface area (Å²) < 4.78 is 3.20. The Hall–Kier alpha value is -2.28. The Labute approximate surface area is 146 Å². The first-order chi connectivity index (χ1) is 11.2. The summed E-state index contributed by atoms with van der Waals surface area (Å²) in [6.07, 6.45) is 2.01. The molecule has 4 nitrogen and oxygen atoms in total. The van der Waals surface area contributed by atoms with Crippen molar-refractivity contribution in [2.45, 2.75) is 5.54 Å². The van der Waals surface area contributed by atoms with Gasteiger partial charge in [-0.05, 0) is 65.1 Å². The fourth-order valence-corrected chi connectivity index (χ4v) is 4.10. The van der Waals surface area contributed by atoms with Gasteiger partial charge in [0, 0.05) is 21.0 Å². The van der Waals surface area contributed by atoms with Crippen LogP contribution in [0.25, 0.3) is 5.69 Å². The predicted molar refractivity (Wildman–Crippen MR) is 98.0 cm³/mol. The molecule has 112 valence electrons. The number of aromatic nitrogens is 1. The summed E-state index contributed by atoms with van der Waals surface area (Å²) in [4.78, 5) is 13.0. The summed E-state index contributed by atoms with van der Waals surface area (Å²) in [6.45, 7) is 0. The lowest BCUT2D eigenvalue weighted by molar-refractivity contribution is -0.118. The highest BCUT2D eigenvalue weighted by atomic mass is 127. The molecule has 23 heavy (non-hydrogen) atoms. The Kier molecular flexibility index (Phi) is 2.51. The highest BCUT2D eigenvalue weighted by Gasteiger charge is 2.52. The van der Waals surface area contributed by atoms with Gasteiger partial charge in [0.25, 0.3) is 5.91 Å². The number of amides is 1. The van der Waals surface area contributed by atoms with Crippen LogP contribution in [0.15, 0.2) is 60.8 Å². The third kappa shape index (κ3) is 1.57. The number of anilines is 2. The Morgan fingerprint density at radius 3 is 2.78 bits per heavy atom. The van der Waals surface area contributed by atoms with Gasteiger partial charge in [-0.25, -0.2) is 0 Å². The maximum atomic E-state index is 13.0. The van der Waals surface area contributed by atoms with Gasteiger partial charge in [0.2, 0.25) is 0 Å². The van der Waals surface area contributed by atoms with Gasteiger partial charge in [0.15, 0.2) is 5.54 Å². The van der Waals surface area contributed by atoms with Crippen molar-refractivity contribution in [3.8, 4) is 5.69 Å². The molecular weight excluding hydrogens is 401 g/mol. The van der Waals surface area contributed by atoms with E-state index in [1.54, 1.807) is 0 Å². The zero-order chi connectivity index (χ0) is 15.6. The summed E-state index contributed by atoms with van der Waals surface area (Å²) in [5.74, 6) is -0.0380. The second-order valence-electron chi connectivity index (χ2n) is 5.80. The van der Waals surface area contributed by atoms with Crippen molar-refractivity contribution in [2.75, 3.05) is 10.6 Å². The van der Waals surface area contributed by atoms with Gasteiger partial charge in [-0.2, -0.15) is 0 Å². The van der Waals surface area contributed by atoms with E-state index in [2.05, 4.69) is 49.9 Å². The second-order valence-corrected chi connectivity index (χ2v) is 7.05. The number of nitrogens with zero attached hydrogens (tertiary/aromatic N) is 1. The Balaban J connectivity index is 1.87. The number of rotatable bonds is 0. The van der Waals surface area contributed by atoms with E-state index in [0.717, 1.165) is 31.9 Å². The largest absolute Gasteiger partial charge is 0.361 e. The number of hydrogen-bond acceptors (Lipinski definition) is 2. The summed E-state index contributed by atoms with van der Waals surface area (Å²) in [5, 5.41) is 6.54. The lowest BCUT2D eigenvalue weighted by atomic mass is 9.85. The van der Waals surface area contributed by atoms with Gasteiger partial charge in [0.05, 0.1) is 17.1 Å². The van der Waals surface area contributed by atoms with Crippen LogP contribution in [0.5, 0.6) is 0 Å². The van der Waals surface area contributed by atoms with Crippen molar-refractivity contribution < 1.29 is 4.79 Å². The van der Waals surface area contributed by atoms with Crippen LogP contribution in [0, 0.1) is 3.57 Å². The highest BCUT2D eigenvalue weighted by Crippen LogP contribution is 2.48. The van der Waals surface area contributed by atoms with E-state index in [0.29, 0.717) is 0 Å². The van der Waals surface area contributed by atoms with Crippen LogP contribution in [-0.2, 0) is 10.3 Å². The number of fused-ring (bicyclic) bond motifs is 6. The normalized spacial score (nSPS) is 20.5. The molecule has 2 aromatic carbocycles. The molecule has 2 aliphatic rings. The van der Waals surface area contributed by atoms with Gasteiger partial charge in [-0.3, -0.25) is 4.79 Å². The summed E-state index contributed by atoms with van der Waals surface area (Å²) in [5.41, 5.74) is 3.92. The zero-order valence-corrected chi connectivity index (χ0v) is 14.2. The smallest absolute Gasteiger partial charge is 0.261 e. The van der Waals surface area contributed by atoms with Crippen LogP contribution >= 0.6 is 22.6 Å². The molecule has 0 saturated carbocycles. The van der Waals surface area contributed by atoms with Crippen LogP contribution in [0.4, 0.5) is 11.4 Å². The minimum Gasteiger partial charge on any atom is -0.361 e. The van der Waals surface area contributed by atoms with E-state index >= 15 is 0 Å². The molecule has 0 fully saturated rings. The first kappa shape index (κ1) is 13.2. The molecule has 1 aromatic heterocycles. The van der Waals surface area contributed by atoms with Gasteiger partial charge in [0.1, 0.15) is 0 Å². The van der Waals surface area contributed by atoms with Crippen molar-refractivity contribution in [3.63, 3.8) is 0 Å². The molecular formula is C18H12IN3O. The summed E-state index contributed by atoms with van der Waals surface area (Å²) in [7, 11) is 0. The molecule has 5 heteroatoms. The molecule has 1 spiro atoms. The number of carbonyl (C=O) groups excluding carboxylic acids is 1. The Bertz CT molecular complexity index is 978. The minimum absolute atomic E-state index is 0.0380. The van der Waals surface area contributed by atoms with Crippen molar-refractivity contribution in [1.82, 2.24) is 4.57 Å². The van der Waals surface area contributed by atoms with E-state index in [9.17, 15) is 4.79 Å². The molecule has 0 saturated heterocycles. The maximum absolute atomic E-state index is 13.0. The number of benzene rings is 2. The molecule has 0 radical (unpaired) electrons. The molecule has 5 rings (SSSR count). The third-order valence-corrected chi connectivity index (χ3v) is 5.26. The lowest BCUT2D eigenvalue weighted by Crippen LogP contribution is -2.47. The van der Waals surface area contributed by atoms with E-state index in [4.69, 9.17) is 0 Å². The Morgan fingerprint density at radius 2 is 1.87 bits per heavy atom.